The van der Waals surface area contributed by atoms with Crippen molar-refractivity contribution >= 4 is 17.3 Å². The maximum Gasteiger partial charge on any atom is 0.311 e. The van der Waals surface area contributed by atoms with E-state index in [-0.39, 0.29) is 11.3 Å². The van der Waals surface area contributed by atoms with Crippen LogP contribution in [0.15, 0.2) is 36.4 Å². The molecule has 0 radical (unpaired) electrons. The molecule has 2 aromatic carbocycles. The second kappa shape index (κ2) is 5.58. The Kier molecular flexibility index (Phi) is 3.84. The van der Waals surface area contributed by atoms with Crippen molar-refractivity contribution in [2.45, 2.75) is 6.92 Å². The summed E-state index contributed by atoms with van der Waals surface area (Å²) in [5.41, 5.74) is 0.0204. The fourth-order valence-electron chi connectivity index (χ4n) is 1.78. The molecule has 0 saturated heterocycles. The molecule has 21 heavy (non-hydrogen) atoms. The number of phenolic OH excluding ortho intramolecular Hbond substituents is 1. The van der Waals surface area contributed by atoms with E-state index in [0.29, 0.717) is 5.56 Å². The molecule has 2 N–H and O–H groups in total. The first kappa shape index (κ1) is 14.4. The van der Waals surface area contributed by atoms with Gasteiger partial charge in [0.05, 0.1) is 10.5 Å². The van der Waals surface area contributed by atoms with Crippen molar-refractivity contribution in [1.82, 2.24) is 0 Å². The molecule has 108 valence electrons. The number of para-hydroxylation sites is 1. The van der Waals surface area contributed by atoms with Crippen LogP contribution >= 0.6 is 0 Å². The van der Waals surface area contributed by atoms with E-state index >= 15 is 0 Å². The number of carbonyl (C=O) groups excluding carboxylic acids is 1. The molecular weight excluding hydrogens is 279 g/mol. The van der Waals surface area contributed by atoms with Crippen LogP contribution in [0.4, 0.5) is 15.8 Å². The highest BCUT2D eigenvalue weighted by atomic mass is 19.1. The number of phenols is 1. The Labute approximate surface area is 119 Å². The predicted octanol–water partition coefficient (Wildman–Crippen LogP) is 3.00. The summed E-state index contributed by atoms with van der Waals surface area (Å²) in [7, 11) is 0. The number of halogens is 1. The van der Waals surface area contributed by atoms with E-state index in [2.05, 4.69) is 5.32 Å². The summed E-state index contributed by atoms with van der Waals surface area (Å²) in [6, 6.07) is 7.47. The van der Waals surface area contributed by atoms with Gasteiger partial charge in [0.2, 0.25) is 5.75 Å². The van der Waals surface area contributed by atoms with Gasteiger partial charge in [-0.1, -0.05) is 12.1 Å². The molecule has 0 atom stereocenters. The van der Waals surface area contributed by atoms with Crippen LogP contribution in [0.25, 0.3) is 0 Å². The molecule has 0 unspecified atom stereocenters. The minimum atomic E-state index is -0.792. The van der Waals surface area contributed by atoms with E-state index < -0.39 is 28.1 Å². The van der Waals surface area contributed by atoms with Gasteiger partial charge >= 0.3 is 5.69 Å². The number of rotatable bonds is 3. The average molecular weight is 290 g/mol. The summed E-state index contributed by atoms with van der Waals surface area (Å²) in [4.78, 5) is 22.0. The van der Waals surface area contributed by atoms with Gasteiger partial charge in [0.1, 0.15) is 5.82 Å². The fraction of sp³-hybridized carbons (Fsp3) is 0.0714. The quantitative estimate of drug-likeness (QED) is 0.671. The average Bonchev–Trinajstić information content (AvgIpc) is 2.42. The molecule has 7 heteroatoms. The van der Waals surface area contributed by atoms with Crippen molar-refractivity contribution in [3.8, 4) is 5.75 Å². The third-order valence-corrected chi connectivity index (χ3v) is 2.90. The van der Waals surface area contributed by atoms with E-state index in [1.165, 1.54) is 24.3 Å². The van der Waals surface area contributed by atoms with Crippen molar-refractivity contribution in [3.05, 3.63) is 63.5 Å². The molecule has 0 fully saturated rings. The standard InChI is InChI=1S/C14H11FN2O4/c1-8-5-6-9(15)7-11(8)16-14(19)10-3-2-4-12(13(10)18)17(20)21/h2-7,18H,1H3,(H,16,19). The second-order valence-corrected chi connectivity index (χ2v) is 4.34. The Morgan fingerprint density at radius 2 is 2.05 bits per heavy atom. The van der Waals surface area contributed by atoms with Crippen molar-refractivity contribution in [3.63, 3.8) is 0 Å². The van der Waals surface area contributed by atoms with Crippen LogP contribution in [0, 0.1) is 22.9 Å². The fourth-order valence-corrected chi connectivity index (χ4v) is 1.78. The minimum absolute atomic E-state index is 0.228. The van der Waals surface area contributed by atoms with Crippen LogP contribution in [0.5, 0.6) is 5.75 Å². The number of aromatic hydroxyl groups is 1. The molecule has 2 aromatic rings. The molecule has 0 bridgehead atoms. The van der Waals surface area contributed by atoms with E-state index in [0.717, 1.165) is 12.1 Å². The zero-order chi connectivity index (χ0) is 15.6. The van der Waals surface area contributed by atoms with Crippen LogP contribution in [-0.2, 0) is 0 Å². The summed E-state index contributed by atoms with van der Waals surface area (Å²) in [5.74, 6) is -2.02. The van der Waals surface area contributed by atoms with Gasteiger partial charge in [0.25, 0.3) is 5.91 Å². The lowest BCUT2D eigenvalue weighted by molar-refractivity contribution is -0.385. The minimum Gasteiger partial charge on any atom is -0.502 e. The van der Waals surface area contributed by atoms with Crippen LogP contribution in [0.1, 0.15) is 15.9 Å². The summed E-state index contributed by atoms with van der Waals surface area (Å²) in [5, 5.41) is 22.9. The highest BCUT2D eigenvalue weighted by molar-refractivity contribution is 6.07. The van der Waals surface area contributed by atoms with E-state index in [9.17, 15) is 24.4 Å². The Morgan fingerprint density at radius 1 is 1.33 bits per heavy atom. The second-order valence-electron chi connectivity index (χ2n) is 4.34. The van der Waals surface area contributed by atoms with Crippen LogP contribution < -0.4 is 5.32 Å². The molecule has 0 aliphatic rings. The molecule has 6 nitrogen and oxygen atoms in total. The summed E-state index contributed by atoms with van der Waals surface area (Å²) >= 11 is 0. The molecule has 0 heterocycles. The Morgan fingerprint density at radius 3 is 2.71 bits per heavy atom. The molecule has 2 rings (SSSR count). The lowest BCUT2D eigenvalue weighted by atomic mass is 10.1. The van der Waals surface area contributed by atoms with Gasteiger partial charge in [0.15, 0.2) is 0 Å². The summed E-state index contributed by atoms with van der Waals surface area (Å²) in [6.45, 7) is 1.67. The maximum atomic E-state index is 13.2. The van der Waals surface area contributed by atoms with Crippen LogP contribution in [0.2, 0.25) is 0 Å². The van der Waals surface area contributed by atoms with E-state index in [1.54, 1.807) is 6.92 Å². The van der Waals surface area contributed by atoms with Crippen LogP contribution in [0.3, 0.4) is 0 Å². The van der Waals surface area contributed by atoms with Crippen LogP contribution in [-0.4, -0.2) is 15.9 Å². The third kappa shape index (κ3) is 2.97. The van der Waals surface area contributed by atoms with Gasteiger partial charge in [-0.2, -0.15) is 0 Å². The van der Waals surface area contributed by atoms with Crippen molar-refractivity contribution in [2.75, 3.05) is 5.32 Å². The molecule has 0 aliphatic heterocycles. The number of nitrogens with zero attached hydrogens (tertiary/aromatic N) is 1. The van der Waals surface area contributed by atoms with E-state index in [4.69, 9.17) is 0 Å². The first-order valence-electron chi connectivity index (χ1n) is 5.94. The monoisotopic (exact) mass is 290 g/mol. The van der Waals surface area contributed by atoms with Gasteiger partial charge in [-0.05, 0) is 30.7 Å². The van der Waals surface area contributed by atoms with Gasteiger partial charge < -0.3 is 10.4 Å². The zero-order valence-corrected chi connectivity index (χ0v) is 11.0. The molecule has 0 saturated carbocycles. The number of amides is 1. The number of hydrogen-bond acceptors (Lipinski definition) is 4. The van der Waals surface area contributed by atoms with Gasteiger partial charge in [-0.25, -0.2) is 4.39 Å². The van der Waals surface area contributed by atoms with Gasteiger partial charge in [0, 0.05) is 11.8 Å². The van der Waals surface area contributed by atoms with E-state index in [1.807, 2.05) is 0 Å². The number of hydrogen-bond donors (Lipinski definition) is 2. The van der Waals surface area contributed by atoms with Crippen molar-refractivity contribution < 1.29 is 19.2 Å². The number of carbonyl (C=O) groups is 1. The number of nitrogens with one attached hydrogen (secondary N) is 1. The lowest BCUT2D eigenvalue weighted by Gasteiger charge is -2.09. The highest BCUT2D eigenvalue weighted by Crippen LogP contribution is 2.30. The predicted molar refractivity (Wildman–Crippen MR) is 73.9 cm³/mol. The van der Waals surface area contributed by atoms with Gasteiger partial charge in [-0.3, -0.25) is 14.9 Å². The Bertz CT molecular complexity index is 731. The maximum absolute atomic E-state index is 13.2. The number of anilines is 1. The molecule has 1 amide bonds. The number of nitro groups is 1. The summed E-state index contributed by atoms with van der Waals surface area (Å²) in [6.07, 6.45) is 0. The Balaban J connectivity index is 2.35. The SMILES string of the molecule is Cc1ccc(F)cc1NC(=O)c1cccc([N+](=O)[O-])c1O. The molecule has 0 spiro atoms. The van der Waals surface area contributed by atoms with Gasteiger partial charge in [-0.15, -0.1) is 0 Å². The smallest absolute Gasteiger partial charge is 0.311 e. The van der Waals surface area contributed by atoms with Crippen molar-refractivity contribution in [2.24, 2.45) is 0 Å². The third-order valence-electron chi connectivity index (χ3n) is 2.90. The van der Waals surface area contributed by atoms with Crippen molar-refractivity contribution in [1.29, 1.82) is 0 Å². The molecule has 0 aromatic heterocycles. The first-order valence-corrected chi connectivity index (χ1v) is 5.94. The number of benzene rings is 2. The summed E-state index contributed by atoms with van der Waals surface area (Å²) < 4.78 is 13.2. The number of nitro benzene ring substituents is 1. The topological polar surface area (TPSA) is 92.5 Å². The largest absolute Gasteiger partial charge is 0.502 e. The number of aryl methyl sites for hydroxylation is 1. The molecular formula is C14H11FN2O4. The highest BCUT2D eigenvalue weighted by Gasteiger charge is 2.21. The lowest BCUT2D eigenvalue weighted by Crippen LogP contribution is -2.13. The first-order chi connectivity index (χ1) is 9.90. The normalized spacial score (nSPS) is 10.2. The molecule has 0 aliphatic carbocycles. The Hall–Kier alpha value is -2.96. The zero-order valence-electron chi connectivity index (χ0n) is 11.0.